The zero-order valence-electron chi connectivity index (χ0n) is 11.1. The van der Waals surface area contributed by atoms with Crippen molar-refractivity contribution in [1.29, 1.82) is 0 Å². The zero-order valence-corrected chi connectivity index (χ0v) is 12.0. The Bertz CT molecular complexity index is 408. The van der Waals surface area contributed by atoms with Gasteiger partial charge in [-0.05, 0) is 27.7 Å². The summed E-state index contributed by atoms with van der Waals surface area (Å²) < 4.78 is 9.42. The third-order valence-corrected chi connectivity index (χ3v) is 2.24. The summed E-state index contributed by atoms with van der Waals surface area (Å²) in [4.78, 5) is 26.1. The lowest BCUT2D eigenvalue weighted by Gasteiger charge is -2.17. The van der Waals surface area contributed by atoms with Gasteiger partial charge in [-0.3, -0.25) is 0 Å². The highest BCUT2D eigenvalue weighted by Crippen LogP contribution is 2.12. The predicted octanol–water partition coefficient (Wildman–Crippen LogP) is 1.66. The molecule has 0 fully saturated rings. The van der Waals surface area contributed by atoms with Gasteiger partial charge in [-0.1, -0.05) is 0 Å². The van der Waals surface area contributed by atoms with E-state index < -0.39 is 17.7 Å². The van der Waals surface area contributed by atoms with E-state index in [9.17, 15) is 9.59 Å². The minimum Gasteiger partial charge on any atom is -0.465 e. The molecule has 0 aromatic rings. The smallest absolute Gasteiger partial charge is 0.436 e. The van der Waals surface area contributed by atoms with Crippen molar-refractivity contribution >= 4 is 30.5 Å². The molecule has 18 heavy (non-hydrogen) atoms. The lowest BCUT2D eigenvalue weighted by Crippen LogP contribution is -2.25. The molecule has 0 aromatic carbocycles. The summed E-state index contributed by atoms with van der Waals surface area (Å²) in [5, 5.41) is 0. The molecule has 0 aliphatic rings. The number of aliphatic imine (C=N–C) groups is 1. The van der Waals surface area contributed by atoms with Crippen molar-refractivity contribution in [2.24, 2.45) is 10.7 Å². The lowest BCUT2D eigenvalue weighted by atomic mass is 10.2. The minimum atomic E-state index is -0.828. The molecular formula is C11H18N2O4S. The molecule has 0 rings (SSSR count). The van der Waals surface area contributed by atoms with Gasteiger partial charge < -0.3 is 15.2 Å². The molecule has 7 heteroatoms. The minimum absolute atomic E-state index is 0.0118. The zero-order chi connectivity index (χ0) is 14.5. The second-order valence-electron chi connectivity index (χ2n) is 4.44. The summed E-state index contributed by atoms with van der Waals surface area (Å²) in [5.74, 6) is -0.794. The third kappa shape index (κ3) is 5.72. The van der Waals surface area contributed by atoms with Gasteiger partial charge >= 0.3 is 12.1 Å². The monoisotopic (exact) mass is 274 g/mol. The van der Waals surface area contributed by atoms with Gasteiger partial charge in [0.1, 0.15) is 11.4 Å². The Balaban J connectivity index is 5.00. The van der Waals surface area contributed by atoms with E-state index in [4.69, 9.17) is 10.5 Å². The van der Waals surface area contributed by atoms with Gasteiger partial charge in [0.25, 0.3) is 0 Å². The van der Waals surface area contributed by atoms with Crippen molar-refractivity contribution in [1.82, 2.24) is 0 Å². The number of nitrogens with zero attached hydrogens (tertiary/aromatic N) is 1. The van der Waals surface area contributed by atoms with Crippen LogP contribution in [0, 0.1) is 0 Å². The van der Waals surface area contributed by atoms with Crippen LogP contribution in [0.4, 0.5) is 4.79 Å². The Kier molecular flexibility index (Phi) is 5.90. The van der Waals surface area contributed by atoms with Gasteiger partial charge in [-0.2, -0.15) is 4.99 Å². The number of thiol groups is 1. The largest absolute Gasteiger partial charge is 0.465 e. The van der Waals surface area contributed by atoms with E-state index in [0.29, 0.717) is 0 Å². The van der Waals surface area contributed by atoms with E-state index in [0.717, 1.165) is 0 Å². The van der Waals surface area contributed by atoms with Gasteiger partial charge in [-0.25, -0.2) is 9.59 Å². The molecular weight excluding hydrogens is 256 g/mol. The van der Waals surface area contributed by atoms with E-state index in [-0.39, 0.29) is 16.3 Å². The van der Waals surface area contributed by atoms with Crippen LogP contribution in [-0.4, -0.2) is 30.6 Å². The fourth-order valence-corrected chi connectivity index (χ4v) is 1.04. The molecule has 0 atom stereocenters. The number of methoxy groups -OCH3 is 1. The molecule has 0 saturated heterocycles. The van der Waals surface area contributed by atoms with E-state index in [2.05, 4.69) is 22.4 Å². The van der Waals surface area contributed by atoms with Gasteiger partial charge in [0.15, 0.2) is 0 Å². The highest BCUT2D eigenvalue weighted by molar-refractivity contribution is 7.85. The summed E-state index contributed by atoms with van der Waals surface area (Å²) in [6.07, 6.45) is -0.828. The number of esters is 1. The molecule has 0 saturated carbocycles. The Hall–Kier alpha value is -1.50. The van der Waals surface area contributed by atoms with E-state index in [1.807, 2.05) is 0 Å². The number of amidine groups is 1. The maximum absolute atomic E-state index is 11.4. The molecule has 0 unspecified atom stereocenters. The molecule has 0 heterocycles. The first-order chi connectivity index (χ1) is 8.08. The van der Waals surface area contributed by atoms with Crippen LogP contribution in [0.5, 0.6) is 0 Å². The molecule has 1 amide bonds. The van der Waals surface area contributed by atoms with Crippen molar-refractivity contribution in [3.05, 3.63) is 10.5 Å². The normalized spacial score (nSPS) is 13.8. The first-order valence-corrected chi connectivity index (χ1v) is 5.59. The van der Waals surface area contributed by atoms with Crippen LogP contribution >= 0.6 is 12.6 Å². The Labute approximate surface area is 112 Å². The van der Waals surface area contributed by atoms with Gasteiger partial charge in [0.2, 0.25) is 0 Å². The van der Waals surface area contributed by atoms with Crippen molar-refractivity contribution in [3.8, 4) is 0 Å². The fourth-order valence-electron chi connectivity index (χ4n) is 0.838. The number of amides is 1. The highest BCUT2D eigenvalue weighted by Gasteiger charge is 2.17. The lowest BCUT2D eigenvalue weighted by molar-refractivity contribution is -0.135. The molecule has 2 N–H and O–H groups in total. The van der Waals surface area contributed by atoms with E-state index in [1.165, 1.54) is 14.0 Å². The fraction of sp³-hybridized carbons (Fsp3) is 0.545. The van der Waals surface area contributed by atoms with Crippen molar-refractivity contribution in [2.75, 3.05) is 7.11 Å². The number of rotatable bonds is 2. The molecule has 102 valence electrons. The maximum Gasteiger partial charge on any atom is 0.436 e. The average molecular weight is 274 g/mol. The van der Waals surface area contributed by atoms with Crippen LogP contribution in [-0.2, 0) is 14.3 Å². The van der Waals surface area contributed by atoms with Crippen LogP contribution in [0.15, 0.2) is 15.5 Å². The Morgan fingerprint density at radius 1 is 1.28 bits per heavy atom. The van der Waals surface area contributed by atoms with Gasteiger partial charge in [0.05, 0.1) is 12.0 Å². The highest BCUT2D eigenvalue weighted by atomic mass is 32.1. The van der Waals surface area contributed by atoms with Crippen molar-refractivity contribution in [3.63, 3.8) is 0 Å². The summed E-state index contributed by atoms with van der Waals surface area (Å²) in [7, 11) is 1.22. The van der Waals surface area contributed by atoms with Crippen molar-refractivity contribution in [2.45, 2.75) is 33.3 Å². The number of carbonyl (C=O) groups is 2. The van der Waals surface area contributed by atoms with Gasteiger partial charge in [-0.15, -0.1) is 12.6 Å². The van der Waals surface area contributed by atoms with E-state index >= 15 is 0 Å². The molecule has 0 bridgehead atoms. The molecule has 6 nitrogen and oxygen atoms in total. The molecule has 0 radical (unpaired) electrons. The molecule has 0 aliphatic heterocycles. The predicted molar refractivity (Wildman–Crippen MR) is 71.6 cm³/mol. The topological polar surface area (TPSA) is 91.0 Å². The van der Waals surface area contributed by atoms with Crippen LogP contribution < -0.4 is 5.73 Å². The number of hydrogen-bond donors (Lipinski definition) is 2. The SMILES string of the molecule is COC(=O)/C(S)=C(C)/C(N)=N/C(=O)OC(C)(C)C. The molecule has 0 aromatic heterocycles. The maximum atomic E-state index is 11.4. The first kappa shape index (κ1) is 16.5. The third-order valence-electron chi connectivity index (χ3n) is 1.72. The quantitative estimate of drug-likeness (QED) is 0.263. The summed E-state index contributed by atoms with van der Waals surface area (Å²) >= 11 is 3.94. The van der Waals surface area contributed by atoms with Crippen molar-refractivity contribution < 1.29 is 19.1 Å². The summed E-state index contributed by atoms with van der Waals surface area (Å²) in [5.41, 5.74) is 5.15. The Morgan fingerprint density at radius 3 is 2.17 bits per heavy atom. The molecule has 0 aliphatic carbocycles. The van der Waals surface area contributed by atoms with Crippen LogP contribution in [0.1, 0.15) is 27.7 Å². The molecule has 0 spiro atoms. The first-order valence-electron chi connectivity index (χ1n) is 5.14. The van der Waals surface area contributed by atoms with Gasteiger partial charge in [0, 0.05) is 5.57 Å². The number of ether oxygens (including phenoxy) is 2. The summed E-state index contributed by atoms with van der Waals surface area (Å²) in [6, 6.07) is 0. The average Bonchev–Trinajstić information content (AvgIpc) is 2.22. The van der Waals surface area contributed by atoms with Crippen LogP contribution in [0.2, 0.25) is 0 Å². The van der Waals surface area contributed by atoms with E-state index in [1.54, 1.807) is 20.8 Å². The van der Waals surface area contributed by atoms with Crippen LogP contribution in [0.3, 0.4) is 0 Å². The Morgan fingerprint density at radius 2 is 1.78 bits per heavy atom. The number of carbonyl (C=O) groups excluding carboxylic acids is 2. The second-order valence-corrected chi connectivity index (χ2v) is 4.89. The number of hydrogen-bond acceptors (Lipinski definition) is 5. The standard InChI is InChI=1S/C11H18N2O4S/c1-6(7(18)9(14)16-5)8(12)13-10(15)17-11(2,3)4/h18H,1-5H3,(H2,12,13,15)/b7-6-. The van der Waals surface area contributed by atoms with Crippen LogP contribution in [0.25, 0.3) is 0 Å². The summed E-state index contributed by atoms with van der Waals surface area (Å²) in [6.45, 7) is 6.62. The number of nitrogens with two attached hydrogens (primary N) is 1. The second kappa shape index (κ2) is 6.44.